The van der Waals surface area contributed by atoms with E-state index in [2.05, 4.69) is 4.74 Å². The van der Waals surface area contributed by atoms with E-state index in [-0.39, 0.29) is 30.3 Å². The van der Waals surface area contributed by atoms with Crippen LogP contribution >= 0.6 is 0 Å². The summed E-state index contributed by atoms with van der Waals surface area (Å²) in [6.45, 7) is 0.953. The molecule has 0 N–H and O–H groups in total. The van der Waals surface area contributed by atoms with Crippen molar-refractivity contribution in [2.24, 2.45) is 0 Å². The second-order valence-corrected chi connectivity index (χ2v) is 6.92. The SMILES string of the molecule is COC(=O)N1CCCN(S(=O)(=O)c2cc(F)ccc2OC)CC1. The van der Waals surface area contributed by atoms with Crippen LogP contribution in [0.3, 0.4) is 0 Å². The fourth-order valence-electron chi connectivity index (χ4n) is 2.44. The van der Waals surface area contributed by atoms with Crippen molar-refractivity contribution in [1.29, 1.82) is 0 Å². The number of halogens is 1. The van der Waals surface area contributed by atoms with Crippen molar-refractivity contribution >= 4 is 16.1 Å². The van der Waals surface area contributed by atoms with Crippen LogP contribution in [0.5, 0.6) is 5.75 Å². The van der Waals surface area contributed by atoms with Gasteiger partial charge in [-0.1, -0.05) is 0 Å². The topological polar surface area (TPSA) is 76.2 Å². The summed E-state index contributed by atoms with van der Waals surface area (Å²) in [5.41, 5.74) is 0. The maximum Gasteiger partial charge on any atom is 0.409 e. The first-order valence-electron chi connectivity index (χ1n) is 7.06. The summed E-state index contributed by atoms with van der Waals surface area (Å²) >= 11 is 0. The van der Waals surface area contributed by atoms with Crippen LogP contribution in [0.25, 0.3) is 0 Å². The third-order valence-corrected chi connectivity index (χ3v) is 5.55. The highest BCUT2D eigenvalue weighted by molar-refractivity contribution is 7.89. The number of benzene rings is 1. The van der Waals surface area contributed by atoms with Gasteiger partial charge in [0.25, 0.3) is 0 Å². The maximum absolute atomic E-state index is 13.5. The van der Waals surface area contributed by atoms with Gasteiger partial charge in [-0.3, -0.25) is 0 Å². The number of carbonyl (C=O) groups is 1. The summed E-state index contributed by atoms with van der Waals surface area (Å²) in [5.74, 6) is -0.573. The van der Waals surface area contributed by atoms with Gasteiger partial charge in [-0.2, -0.15) is 4.31 Å². The first-order chi connectivity index (χ1) is 10.9. The van der Waals surface area contributed by atoms with Crippen LogP contribution in [-0.2, 0) is 14.8 Å². The van der Waals surface area contributed by atoms with Gasteiger partial charge in [-0.25, -0.2) is 17.6 Å². The smallest absolute Gasteiger partial charge is 0.409 e. The van der Waals surface area contributed by atoms with Gasteiger partial charge in [-0.15, -0.1) is 0 Å². The summed E-state index contributed by atoms with van der Waals surface area (Å²) in [7, 11) is -1.31. The zero-order valence-electron chi connectivity index (χ0n) is 13.0. The molecule has 1 aliphatic rings. The number of carbonyl (C=O) groups excluding carboxylic acids is 1. The van der Waals surface area contributed by atoms with E-state index in [1.54, 1.807) is 0 Å². The van der Waals surface area contributed by atoms with E-state index in [1.165, 1.54) is 29.5 Å². The van der Waals surface area contributed by atoms with Crippen molar-refractivity contribution in [3.63, 3.8) is 0 Å². The fraction of sp³-hybridized carbons (Fsp3) is 0.500. The van der Waals surface area contributed by atoms with Gasteiger partial charge in [0.15, 0.2) is 0 Å². The molecule has 0 bridgehead atoms. The van der Waals surface area contributed by atoms with Crippen molar-refractivity contribution in [2.75, 3.05) is 40.4 Å². The number of methoxy groups -OCH3 is 2. The minimum absolute atomic E-state index is 0.0838. The summed E-state index contributed by atoms with van der Waals surface area (Å²) in [6, 6.07) is 3.36. The van der Waals surface area contributed by atoms with Crippen LogP contribution in [0, 0.1) is 5.82 Å². The Balaban J connectivity index is 2.27. The molecule has 0 spiro atoms. The lowest BCUT2D eigenvalue weighted by Gasteiger charge is -2.22. The van der Waals surface area contributed by atoms with E-state index < -0.39 is 21.9 Å². The summed E-state index contributed by atoms with van der Waals surface area (Å²) in [4.78, 5) is 12.8. The van der Waals surface area contributed by atoms with Crippen molar-refractivity contribution in [1.82, 2.24) is 9.21 Å². The largest absolute Gasteiger partial charge is 0.495 e. The van der Waals surface area contributed by atoms with Crippen LogP contribution in [0.4, 0.5) is 9.18 Å². The highest BCUT2D eigenvalue weighted by atomic mass is 32.2. The molecule has 0 unspecified atom stereocenters. The van der Waals surface area contributed by atoms with Crippen LogP contribution in [0.15, 0.2) is 23.1 Å². The van der Waals surface area contributed by atoms with Gasteiger partial charge in [0, 0.05) is 26.2 Å². The zero-order chi connectivity index (χ0) is 17.0. The molecule has 128 valence electrons. The Morgan fingerprint density at radius 2 is 1.91 bits per heavy atom. The predicted molar refractivity (Wildman–Crippen MR) is 80.3 cm³/mol. The molecule has 23 heavy (non-hydrogen) atoms. The van der Waals surface area contributed by atoms with E-state index in [0.29, 0.717) is 13.0 Å². The first-order valence-corrected chi connectivity index (χ1v) is 8.50. The third kappa shape index (κ3) is 3.73. The second-order valence-electron chi connectivity index (χ2n) is 5.01. The molecule has 1 saturated heterocycles. The second kappa shape index (κ2) is 7.14. The first kappa shape index (κ1) is 17.5. The zero-order valence-corrected chi connectivity index (χ0v) is 13.8. The van der Waals surface area contributed by atoms with E-state index >= 15 is 0 Å². The Bertz CT molecular complexity index is 680. The van der Waals surface area contributed by atoms with E-state index in [4.69, 9.17) is 4.74 Å². The molecule has 0 saturated carbocycles. The minimum atomic E-state index is -3.92. The molecule has 1 amide bonds. The summed E-state index contributed by atoms with van der Waals surface area (Å²) in [5, 5.41) is 0. The van der Waals surface area contributed by atoms with Crippen LogP contribution in [0.2, 0.25) is 0 Å². The van der Waals surface area contributed by atoms with Gasteiger partial charge >= 0.3 is 6.09 Å². The molecule has 1 aromatic rings. The average Bonchev–Trinajstić information content (AvgIpc) is 2.80. The fourth-order valence-corrected chi connectivity index (χ4v) is 4.07. The highest BCUT2D eigenvalue weighted by Gasteiger charge is 2.31. The summed E-state index contributed by atoms with van der Waals surface area (Å²) in [6.07, 6.45) is -0.0287. The molecule has 0 aliphatic carbocycles. The van der Waals surface area contributed by atoms with Crippen molar-refractivity contribution in [3.8, 4) is 5.75 Å². The standard InChI is InChI=1S/C14H19FN2O5S/c1-21-12-5-4-11(15)10-13(12)23(19,20)17-7-3-6-16(8-9-17)14(18)22-2/h4-5,10H,3,6-9H2,1-2H3. The monoisotopic (exact) mass is 346 g/mol. The lowest BCUT2D eigenvalue weighted by molar-refractivity contribution is 0.126. The average molecular weight is 346 g/mol. The molecule has 0 aromatic heterocycles. The number of ether oxygens (including phenoxy) is 2. The van der Waals surface area contributed by atoms with Gasteiger partial charge in [-0.05, 0) is 24.6 Å². The number of hydrogen-bond donors (Lipinski definition) is 0. The number of rotatable bonds is 3. The van der Waals surface area contributed by atoms with Crippen LogP contribution in [0.1, 0.15) is 6.42 Å². The van der Waals surface area contributed by atoms with E-state index in [9.17, 15) is 17.6 Å². The summed E-state index contributed by atoms with van der Waals surface area (Å²) < 4.78 is 49.9. The molecule has 7 nitrogen and oxygen atoms in total. The van der Waals surface area contributed by atoms with Crippen LogP contribution < -0.4 is 4.74 Å². The molecule has 1 heterocycles. The Kier molecular flexibility index (Phi) is 5.42. The van der Waals surface area contributed by atoms with Crippen molar-refractivity contribution in [3.05, 3.63) is 24.0 Å². The molecule has 0 radical (unpaired) electrons. The number of nitrogens with zero attached hydrogens (tertiary/aromatic N) is 2. The van der Waals surface area contributed by atoms with Gasteiger partial charge in [0.2, 0.25) is 10.0 Å². The predicted octanol–water partition coefficient (Wildman–Crippen LogP) is 1.30. The lowest BCUT2D eigenvalue weighted by atomic mass is 10.3. The Morgan fingerprint density at radius 3 is 2.57 bits per heavy atom. The van der Waals surface area contributed by atoms with E-state index in [0.717, 1.165) is 12.1 Å². The molecule has 9 heteroatoms. The third-order valence-electron chi connectivity index (χ3n) is 3.63. The lowest BCUT2D eigenvalue weighted by Crippen LogP contribution is -2.37. The maximum atomic E-state index is 13.5. The molecule has 2 rings (SSSR count). The number of amides is 1. The normalized spacial score (nSPS) is 16.7. The molecule has 1 aliphatic heterocycles. The molecule has 1 fully saturated rings. The Hall–Kier alpha value is -1.87. The van der Waals surface area contributed by atoms with Crippen LogP contribution in [-0.4, -0.2) is 64.1 Å². The van der Waals surface area contributed by atoms with Crippen molar-refractivity contribution < 1.29 is 27.1 Å². The van der Waals surface area contributed by atoms with E-state index in [1.807, 2.05) is 0 Å². The quantitative estimate of drug-likeness (QED) is 0.824. The minimum Gasteiger partial charge on any atom is -0.495 e. The molecular formula is C14H19FN2O5S. The highest BCUT2D eigenvalue weighted by Crippen LogP contribution is 2.28. The molecule has 1 aromatic carbocycles. The van der Waals surface area contributed by atoms with Gasteiger partial charge in [0.05, 0.1) is 14.2 Å². The van der Waals surface area contributed by atoms with Gasteiger partial charge in [0.1, 0.15) is 16.5 Å². The molecular weight excluding hydrogens is 327 g/mol. The van der Waals surface area contributed by atoms with Gasteiger partial charge < -0.3 is 14.4 Å². The number of hydrogen-bond acceptors (Lipinski definition) is 5. The Morgan fingerprint density at radius 1 is 1.17 bits per heavy atom. The van der Waals surface area contributed by atoms with Crippen molar-refractivity contribution in [2.45, 2.75) is 11.3 Å². The number of sulfonamides is 1. The molecule has 0 atom stereocenters. The Labute approximate surface area is 134 Å².